The van der Waals surface area contributed by atoms with Gasteiger partial charge in [0.15, 0.2) is 5.78 Å². The van der Waals surface area contributed by atoms with Crippen molar-refractivity contribution >= 4 is 5.78 Å². The van der Waals surface area contributed by atoms with E-state index < -0.39 is 11.2 Å². The Balaban J connectivity index is 3.15. The number of hydrogen-bond donors (Lipinski definition) is 1. The lowest BCUT2D eigenvalue weighted by atomic mass is 9.86. The number of halogens is 1. The Morgan fingerprint density at radius 1 is 1.36 bits per heavy atom. The maximum absolute atomic E-state index is 12.6. The molecule has 0 aliphatic carbocycles. The second kappa shape index (κ2) is 3.40. The number of aromatic hydroxyl groups is 1. The third-order valence-corrected chi connectivity index (χ3v) is 1.89. The molecule has 3 heteroatoms. The van der Waals surface area contributed by atoms with Crippen LogP contribution in [0.15, 0.2) is 18.2 Å². The second-order valence-electron chi connectivity index (χ2n) is 4.24. The van der Waals surface area contributed by atoms with Gasteiger partial charge in [-0.3, -0.25) is 4.79 Å². The van der Waals surface area contributed by atoms with E-state index >= 15 is 0 Å². The Kier molecular flexibility index (Phi) is 2.60. The number of hydrogen-bond acceptors (Lipinski definition) is 2. The predicted molar refractivity (Wildman–Crippen MR) is 51.9 cm³/mol. The molecule has 0 heterocycles. The van der Waals surface area contributed by atoms with E-state index in [0.29, 0.717) is 0 Å². The zero-order valence-electron chi connectivity index (χ0n) is 8.47. The molecular weight excluding hydrogens is 183 g/mol. The van der Waals surface area contributed by atoms with Crippen LogP contribution in [0.1, 0.15) is 31.1 Å². The van der Waals surface area contributed by atoms with Crippen molar-refractivity contribution in [3.8, 4) is 5.75 Å². The Morgan fingerprint density at radius 3 is 2.36 bits per heavy atom. The summed E-state index contributed by atoms with van der Waals surface area (Å²) in [4.78, 5) is 11.7. The van der Waals surface area contributed by atoms with Crippen molar-refractivity contribution in [3.63, 3.8) is 0 Å². The molecule has 1 aromatic rings. The first-order valence-corrected chi connectivity index (χ1v) is 4.35. The highest BCUT2D eigenvalue weighted by Gasteiger charge is 2.25. The number of ketones is 1. The Bertz CT molecular complexity index is 364. The molecule has 0 radical (unpaired) electrons. The van der Waals surface area contributed by atoms with Gasteiger partial charge in [-0.15, -0.1) is 0 Å². The first-order chi connectivity index (χ1) is 6.32. The molecular formula is C11H13FO2. The van der Waals surface area contributed by atoms with E-state index in [1.165, 1.54) is 12.1 Å². The molecule has 1 aromatic carbocycles. The Hall–Kier alpha value is -1.38. The first-order valence-electron chi connectivity index (χ1n) is 4.35. The van der Waals surface area contributed by atoms with Gasteiger partial charge in [0.25, 0.3) is 0 Å². The van der Waals surface area contributed by atoms with Crippen LogP contribution < -0.4 is 0 Å². The molecule has 0 atom stereocenters. The molecule has 76 valence electrons. The van der Waals surface area contributed by atoms with Gasteiger partial charge in [0.1, 0.15) is 11.6 Å². The van der Waals surface area contributed by atoms with Crippen LogP contribution in [0.3, 0.4) is 0 Å². The van der Waals surface area contributed by atoms with E-state index in [1.54, 1.807) is 20.8 Å². The molecule has 0 amide bonds. The lowest BCUT2D eigenvalue weighted by Crippen LogP contribution is -2.20. The van der Waals surface area contributed by atoms with E-state index in [-0.39, 0.29) is 17.1 Å². The number of carbonyl (C=O) groups is 1. The molecule has 1 rings (SSSR count). The Labute approximate surface area is 82.4 Å². The van der Waals surface area contributed by atoms with Gasteiger partial charge in [-0.25, -0.2) is 4.39 Å². The number of benzene rings is 1. The third-order valence-electron chi connectivity index (χ3n) is 1.89. The standard InChI is InChI=1S/C11H13FO2/c1-11(2,3)10(14)8-5-4-7(12)6-9(8)13/h4-6,13H,1-3H3. The van der Waals surface area contributed by atoms with Gasteiger partial charge in [0, 0.05) is 11.5 Å². The normalized spacial score (nSPS) is 11.4. The summed E-state index contributed by atoms with van der Waals surface area (Å²) >= 11 is 0. The molecule has 0 saturated carbocycles. The smallest absolute Gasteiger partial charge is 0.171 e. The topological polar surface area (TPSA) is 37.3 Å². The molecule has 0 bridgehead atoms. The summed E-state index contributed by atoms with van der Waals surface area (Å²) in [6.07, 6.45) is 0. The largest absolute Gasteiger partial charge is 0.507 e. The minimum atomic E-state index is -0.574. The summed E-state index contributed by atoms with van der Waals surface area (Å²) in [5, 5.41) is 9.36. The lowest BCUT2D eigenvalue weighted by molar-refractivity contribution is 0.0855. The average molecular weight is 196 g/mol. The molecule has 0 aliphatic heterocycles. The highest BCUT2D eigenvalue weighted by molar-refractivity contribution is 6.01. The molecule has 2 nitrogen and oxygen atoms in total. The van der Waals surface area contributed by atoms with Crippen LogP contribution in [0, 0.1) is 11.2 Å². The second-order valence-corrected chi connectivity index (χ2v) is 4.24. The summed E-state index contributed by atoms with van der Waals surface area (Å²) in [5.74, 6) is -1.05. The zero-order chi connectivity index (χ0) is 10.9. The van der Waals surface area contributed by atoms with Gasteiger partial charge >= 0.3 is 0 Å². The molecule has 0 saturated heterocycles. The highest BCUT2D eigenvalue weighted by Crippen LogP contribution is 2.27. The van der Waals surface area contributed by atoms with E-state index in [9.17, 15) is 14.3 Å². The van der Waals surface area contributed by atoms with Crippen LogP contribution in [-0.4, -0.2) is 10.9 Å². The van der Waals surface area contributed by atoms with Crippen molar-refractivity contribution in [2.24, 2.45) is 5.41 Å². The third kappa shape index (κ3) is 2.10. The molecule has 14 heavy (non-hydrogen) atoms. The summed E-state index contributed by atoms with van der Waals surface area (Å²) in [5.41, 5.74) is -0.408. The molecule has 1 N–H and O–H groups in total. The average Bonchev–Trinajstić information content (AvgIpc) is 2.01. The van der Waals surface area contributed by atoms with Crippen molar-refractivity contribution in [2.45, 2.75) is 20.8 Å². The van der Waals surface area contributed by atoms with Crippen LogP contribution in [0.25, 0.3) is 0 Å². The number of phenolic OH excluding ortho intramolecular Hbond substituents is 1. The highest BCUT2D eigenvalue weighted by atomic mass is 19.1. The maximum atomic E-state index is 12.6. The van der Waals surface area contributed by atoms with Crippen LogP contribution >= 0.6 is 0 Å². The minimum Gasteiger partial charge on any atom is -0.507 e. The molecule has 0 fully saturated rings. The van der Waals surface area contributed by atoms with Crippen LogP contribution in [0.4, 0.5) is 4.39 Å². The lowest BCUT2D eigenvalue weighted by Gasteiger charge is -2.17. The van der Waals surface area contributed by atoms with Crippen molar-refractivity contribution in [2.75, 3.05) is 0 Å². The molecule has 0 aliphatic rings. The van der Waals surface area contributed by atoms with Crippen molar-refractivity contribution in [3.05, 3.63) is 29.6 Å². The summed E-state index contributed by atoms with van der Waals surface area (Å²) in [6, 6.07) is 3.41. The van der Waals surface area contributed by atoms with E-state index in [2.05, 4.69) is 0 Å². The van der Waals surface area contributed by atoms with E-state index in [4.69, 9.17) is 0 Å². The quantitative estimate of drug-likeness (QED) is 0.701. The molecule has 0 aromatic heterocycles. The summed E-state index contributed by atoms with van der Waals surface area (Å²) in [7, 11) is 0. The van der Waals surface area contributed by atoms with Crippen LogP contribution in [0.5, 0.6) is 5.75 Å². The van der Waals surface area contributed by atoms with Crippen molar-refractivity contribution in [1.82, 2.24) is 0 Å². The fourth-order valence-corrected chi connectivity index (χ4v) is 1.10. The van der Waals surface area contributed by atoms with Crippen molar-refractivity contribution in [1.29, 1.82) is 0 Å². The minimum absolute atomic E-state index is 0.166. The van der Waals surface area contributed by atoms with Crippen LogP contribution in [-0.2, 0) is 0 Å². The maximum Gasteiger partial charge on any atom is 0.171 e. The summed E-state index contributed by atoms with van der Waals surface area (Å²) in [6.45, 7) is 5.24. The van der Waals surface area contributed by atoms with E-state index in [1.807, 2.05) is 0 Å². The van der Waals surface area contributed by atoms with Crippen LogP contribution in [0.2, 0.25) is 0 Å². The van der Waals surface area contributed by atoms with Gasteiger partial charge in [0.2, 0.25) is 0 Å². The van der Waals surface area contributed by atoms with E-state index in [0.717, 1.165) is 6.07 Å². The molecule has 0 unspecified atom stereocenters. The predicted octanol–water partition coefficient (Wildman–Crippen LogP) is 2.76. The fraction of sp³-hybridized carbons (Fsp3) is 0.364. The monoisotopic (exact) mass is 196 g/mol. The van der Waals surface area contributed by atoms with Crippen molar-refractivity contribution < 1.29 is 14.3 Å². The van der Waals surface area contributed by atoms with Gasteiger partial charge in [-0.1, -0.05) is 20.8 Å². The number of rotatable bonds is 1. The molecule has 0 spiro atoms. The number of phenols is 1. The summed E-state index contributed by atoms with van der Waals surface area (Å²) < 4.78 is 12.6. The van der Waals surface area contributed by atoms with Gasteiger partial charge < -0.3 is 5.11 Å². The number of carbonyl (C=O) groups excluding carboxylic acids is 1. The zero-order valence-corrected chi connectivity index (χ0v) is 8.47. The fourth-order valence-electron chi connectivity index (χ4n) is 1.10. The number of Topliss-reactive ketones (excluding diaryl/α,β-unsaturated/α-hetero) is 1. The first kappa shape index (κ1) is 10.7. The van der Waals surface area contributed by atoms with Gasteiger partial charge in [-0.05, 0) is 12.1 Å². The van der Waals surface area contributed by atoms with Gasteiger partial charge in [-0.2, -0.15) is 0 Å². The van der Waals surface area contributed by atoms with Gasteiger partial charge in [0.05, 0.1) is 5.56 Å². The Morgan fingerprint density at radius 2 is 1.93 bits per heavy atom. The SMILES string of the molecule is CC(C)(C)C(=O)c1ccc(F)cc1O.